The molecule has 1 rings (SSSR count). The molecule has 96 valence electrons. The fourth-order valence-electron chi connectivity index (χ4n) is 1.33. The number of rotatable bonds is 5. The van der Waals surface area contributed by atoms with Gasteiger partial charge in [0.2, 0.25) is 0 Å². The average molecular weight is 259 g/mol. The number of likely N-dealkylation sites (N-methyl/N-ethyl adjacent to an activating group) is 1. The van der Waals surface area contributed by atoms with Crippen LogP contribution in [0, 0.1) is 5.82 Å². The van der Waals surface area contributed by atoms with Crippen LogP contribution in [-0.2, 0) is 6.54 Å². The predicted molar refractivity (Wildman–Crippen MR) is 70.9 cm³/mol. The second kappa shape index (κ2) is 5.80. The van der Waals surface area contributed by atoms with Crippen molar-refractivity contribution in [2.24, 2.45) is 0 Å². The van der Waals surface area contributed by atoms with Crippen LogP contribution in [-0.4, -0.2) is 31.1 Å². The molecule has 0 aliphatic heterocycles. The summed E-state index contributed by atoms with van der Waals surface area (Å²) in [6.45, 7) is 5.58. The smallest absolute Gasteiger partial charge is 0.129 e. The normalized spacial score (nSPS) is 12.2. The van der Waals surface area contributed by atoms with Crippen LogP contribution in [0.2, 0.25) is 5.02 Å². The zero-order valence-electron chi connectivity index (χ0n) is 10.8. The Hall–Kier alpha value is -0.640. The highest BCUT2D eigenvalue weighted by molar-refractivity contribution is 6.30. The number of nitrogens with zero attached hydrogens (tertiary/aromatic N) is 1. The molecule has 0 bridgehead atoms. The Labute approximate surface area is 108 Å². The zero-order valence-corrected chi connectivity index (χ0v) is 11.6. The summed E-state index contributed by atoms with van der Waals surface area (Å²) in [4.78, 5) is 2.14. The first-order chi connectivity index (χ1) is 7.83. The van der Waals surface area contributed by atoms with Gasteiger partial charge in [0.25, 0.3) is 0 Å². The first-order valence-electron chi connectivity index (χ1n) is 5.65. The van der Waals surface area contributed by atoms with E-state index < -0.39 is 0 Å². The van der Waals surface area contributed by atoms with Crippen LogP contribution in [0.3, 0.4) is 0 Å². The van der Waals surface area contributed by atoms with E-state index in [0.29, 0.717) is 17.1 Å². The molecule has 0 fully saturated rings. The third kappa shape index (κ3) is 4.26. The summed E-state index contributed by atoms with van der Waals surface area (Å²) in [5.41, 5.74) is 0.687. The minimum absolute atomic E-state index is 0.0445. The molecule has 0 radical (unpaired) electrons. The van der Waals surface area contributed by atoms with Crippen molar-refractivity contribution in [1.82, 2.24) is 10.2 Å². The van der Waals surface area contributed by atoms with Crippen molar-refractivity contribution < 1.29 is 4.39 Å². The Morgan fingerprint density at radius 2 is 2.00 bits per heavy atom. The van der Waals surface area contributed by atoms with Gasteiger partial charge >= 0.3 is 0 Å². The fraction of sp³-hybridized carbons (Fsp3) is 0.538. The largest absolute Gasteiger partial charge is 0.311 e. The highest BCUT2D eigenvalue weighted by atomic mass is 35.5. The van der Waals surface area contributed by atoms with Gasteiger partial charge in [-0.2, -0.15) is 0 Å². The van der Waals surface area contributed by atoms with Crippen molar-refractivity contribution in [3.05, 3.63) is 34.6 Å². The molecule has 2 nitrogen and oxygen atoms in total. The van der Waals surface area contributed by atoms with Gasteiger partial charge in [0.05, 0.1) is 0 Å². The maximum Gasteiger partial charge on any atom is 0.129 e. The Kier molecular flexibility index (Phi) is 4.92. The lowest BCUT2D eigenvalue weighted by Gasteiger charge is -2.32. The molecule has 17 heavy (non-hydrogen) atoms. The molecule has 0 aliphatic rings. The molecule has 0 heterocycles. The summed E-state index contributed by atoms with van der Waals surface area (Å²) in [6.07, 6.45) is 0. The SMILES string of the molecule is CN(C)C(C)(C)CNCc1ccc(Cl)cc1F. The molecule has 1 N–H and O–H groups in total. The molecule has 1 aromatic rings. The van der Waals surface area contributed by atoms with Gasteiger partial charge in [0.15, 0.2) is 0 Å². The van der Waals surface area contributed by atoms with Crippen molar-refractivity contribution in [2.45, 2.75) is 25.9 Å². The van der Waals surface area contributed by atoms with Gasteiger partial charge in [-0.25, -0.2) is 4.39 Å². The van der Waals surface area contributed by atoms with Crippen LogP contribution in [0.5, 0.6) is 0 Å². The first-order valence-corrected chi connectivity index (χ1v) is 6.03. The third-order valence-corrected chi connectivity index (χ3v) is 3.33. The molecule has 0 aliphatic carbocycles. The molecule has 0 saturated heterocycles. The summed E-state index contributed by atoms with van der Waals surface area (Å²) in [5.74, 6) is -0.257. The predicted octanol–water partition coefficient (Wildman–Crippen LogP) is 2.91. The molecule has 1 aromatic carbocycles. The summed E-state index contributed by atoms with van der Waals surface area (Å²) in [7, 11) is 4.06. The van der Waals surface area contributed by atoms with E-state index in [2.05, 4.69) is 24.1 Å². The monoisotopic (exact) mass is 258 g/mol. The summed E-state index contributed by atoms with van der Waals surface area (Å²) >= 11 is 5.70. The first kappa shape index (κ1) is 14.4. The van der Waals surface area contributed by atoms with Gasteiger partial charge in [0.1, 0.15) is 5.82 Å². The van der Waals surface area contributed by atoms with Gasteiger partial charge in [-0.3, -0.25) is 0 Å². The Balaban J connectivity index is 2.51. The summed E-state index contributed by atoms with van der Waals surface area (Å²) in [6, 6.07) is 4.77. The lowest BCUT2D eigenvalue weighted by atomic mass is 10.0. The molecular formula is C13H20ClFN2. The highest BCUT2D eigenvalue weighted by Gasteiger charge is 2.19. The van der Waals surface area contributed by atoms with Crippen molar-refractivity contribution in [3.63, 3.8) is 0 Å². The molecule has 0 amide bonds. The van der Waals surface area contributed by atoms with Gasteiger partial charge in [-0.05, 0) is 40.1 Å². The minimum Gasteiger partial charge on any atom is -0.311 e. The van der Waals surface area contributed by atoms with Crippen molar-refractivity contribution in [3.8, 4) is 0 Å². The molecule has 0 aromatic heterocycles. The van der Waals surface area contributed by atoms with Gasteiger partial charge in [-0.1, -0.05) is 17.7 Å². The molecule has 4 heteroatoms. The van der Waals surface area contributed by atoms with E-state index in [1.807, 2.05) is 14.1 Å². The van der Waals surface area contributed by atoms with E-state index in [9.17, 15) is 4.39 Å². The molecule has 0 saturated carbocycles. The van der Waals surface area contributed by atoms with Crippen LogP contribution in [0.15, 0.2) is 18.2 Å². The van der Waals surface area contributed by atoms with Crippen LogP contribution in [0.4, 0.5) is 4.39 Å². The van der Waals surface area contributed by atoms with E-state index in [-0.39, 0.29) is 11.4 Å². The Morgan fingerprint density at radius 3 is 2.53 bits per heavy atom. The maximum absolute atomic E-state index is 13.5. The van der Waals surface area contributed by atoms with E-state index >= 15 is 0 Å². The maximum atomic E-state index is 13.5. The number of benzene rings is 1. The Bertz CT molecular complexity index is 378. The van der Waals surface area contributed by atoms with Crippen molar-refractivity contribution in [2.75, 3.05) is 20.6 Å². The van der Waals surface area contributed by atoms with Gasteiger partial charge in [-0.15, -0.1) is 0 Å². The summed E-state index contributed by atoms with van der Waals surface area (Å²) in [5, 5.41) is 3.69. The summed E-state index contributed by atoms with van der Waals surface area (Å²) < 4.78 is 13.5. The minimum atomic E-state index is -0.257. The molecule has 0 unspecified atom stereocenters. The molecule has 0 spiro atoms. The third-order valence-electron chi connectivity index (χ3n) is 3.10. The van der Waals surface area contributed by atoms with Crippen molar-refractivity contribution >= 4 is 11.6 Å². The van der Waals surface area contributed by atoms with Crippen LogP contribution >= 0.6 is 11.6 Å². The lowest BCUT2D eigenvalue weighted by molar-refractivity contribution is 0.189. The Morgan fingerprint density at radius 1 is 1.35 bits per heavy atom. The van der Waals surface area contributed by atoms with Gasteiger partial charge < -0.3 is 10.2 Å². The second-order valence-electron chi connectivity index (χ2n) is 5.05. The van der Waals surface area contributed by atoms with Gasteiger partial charge in [0, 0.05) is 29.2 Å². The second-order valence-corrected chi connectivity index (χ2v) is 5.48. The van der Waals surface area contributed by atoms with Crippen LogP contribution in [0.25, 0.3) is 0 Å². The van der Waals surface area contributed by atoms with E-state index in [1.165, 1.54) is 6.07 Å². The van der Waals surface area contributed by atoms with Crippen LogP contribution < -0.4 is 5.32 Å². The molecular weight excluding hydrogens is 239 g/mol. The zero-order chi connectivity index (χ0) is 13.1. The lowest BCUT2D eigenvalue weighted by Crippen LogP contribution is -2.46. The van der Waals surface area contributed by atoms with E-state index in [4.69, 9.17) is 11.6 Å². The quantitative estimate of drug-likeness (QED) is 0.874. The van der Waals surface area contributed by atoms with Crippen LogP contribution in [0.1, 0.15) is 19.4 Å². The fourth-order valence-corrected chi connectivity index (χ4v) is 1.49. The number of hydrogen-bond donors (Lipinski definition) is 1. The standard InChI is InChI=1S/C13H20ClFN2/c1-13(2,17(3)4)9-16-8-10-5-6-11(14)7-12(10)15/h5-7,16H,8-9H2,1-4H3. The van der Waals surface area contributed by atoms with E-state index in [0.717, 1.165) is 6.54 Å². The highest BCUT2D eigenvalue weighted by Crippen LogP contribution is 2.15. The number of nitrogens with one attached hydrogen (secondary N) is 1. The number of halogens is 2. The average Bonchev–Trinajstić information content (AvgIpc) is 2.21. The number of hydrogen-bond acceptors (Lipinski definition) is 2. The van der Waals surface area contributed by atoms with E-state index in [1.54, 1.807) is 12.1 Å². The molecule has 0 atom stereocenters. The topological polar surface area (TPSA) is 15.3 Å². The van der Waals surface area contributed by atoms with Crippen molar-refractivity contribution in [1.29, 1.82) is 0 Å².